The van der Waals surface area contributed by atoms with E-state index >= 15 is 0 Å². The van der Waals surface area contributed by atoms with Gasteiger partial charge < -0.3 is 16.8 Å². The number of halogens is 1. The maximum atomic E-state index is 10.9. The van der Waals surface area contributed by atoms with Crippen molar-refractivity contribution < 1.29 is 4.79 Å². The fraction of sp³-hybridized carbons (Fsp3) is 0.200. The number of thiocarbonyl (C=S) groups is 1. The smallest absolute Gasteiger partial charge is 0.239 e. The van der Waals surface area contributed by atoms with Crippen molar-refractivity contribution in [2.24, 2.45) is 11.5 Å². The summed E-state index contributed by atoms with van der Waals surface area (Å²) in [7, 11) is 0. The molecular formula is C10H12ClN3OS. The number of nitrogens with one attached hydrogen (secondary N) is 1. The SMILES string of the molecule is CC(Nc1ccc(Cl)cc1C(N)=S)C(N)=O. The standard InChI is InChI=1S/C10H12ClN3OS/c1-5(9(12)15)14-8-3-2-6(11)4-7(8)10(13)16/h2-5,14H,1H3,(H2,12,15)(H2,13,16). The highest BCUT2D eigenvalue weighted by Gasteiger charge is 2.12. The van der Waals surface area contributed by atoms with Crippen LogP contribution in [0.5, 0.6) is 0 Å². The van der Waals surface area contributed by atoms with Crippen molar-refractivity contribution in [3.63, 3.8) is 0 Å². The Hall–Kier alpha value is -1.33. The molecule has 0 saturated carbocycles. The fourth-order valence-corrected chi connectivity index (χ4v) is 1.49. The summed E-state index contributed by atoms with van der Waals surface area (Å²) in [6.45, 7) is 1.65. The fourth-order valence-electron chi connectivity index (χ4n) is 1.15. The van der Waals surface area contributed by atoms with E-state index in [9.17, 15) is 4.79 Å². The first-order valence-corrected chi connectivity index (χ1v) is 5.35. The Balaban J connectivity index is 3.04. The highest BCUT2D eigenvalue weighted by Crippen LogP contribution is 2.21. The molecule has 0 heterocycles. The van der Waals surface area contributed by atoms with Gasteiger partial charge in [-0.3, -0.25) is 4.79 Å². The third-order valence-corrected chi connectivity index (χ3v) is 2.50. The number of rotatable bonds is 4. The van der Waals surface area contributed by atoms with E-state index in [4.69, 9.17) is 35.3 Å². The normalized spacial score (nSPS) is 11.9. The summed E-state index contributed by atoms with van der Waals surface area (Å²) in [4.78, 5) is 11.1. The molecule has 0 aromatic heterocycles. The molecular weight excluding hydrogens is 246 g/mol. The first kappa shape index (κ1) is 12.7. The lowest BCUT2D eigenvalue weighted by Crippen LogP contribution is -2.33. The Morgan fingerprint density at radius 1 is 1.50 bits per heavy atom. The van der Waals surface area contributed by atoms with Gasteiger partial charge in [0.05, 0.1) is 0 Å². The highest BCUT2D eigenvalue weighted by atomic mass is 35.5. The molecule has 1 amide bonds. The van der Waals surface area contributed by atoms with Crippen molar-refractivity contribution in [1.82, 2.24) is 0 Å². The molecule has 16 heavy (non-hydrogen) atoms. The molecule has 1 unspecified atom stereocenters. The number of amides is 1. The summed E-state index contributed by atoms with van der Waals surface area (Å²) in [6.07, 6.45) is 0. The Morgan fingerprint density at radius 2 is 2.12 bits per heavy atom. The van der Waals surface area contributed by atoms with E-state index in [1.807, 2.05) is 0 Å². The highest BCUT2D eigenvalue weighted by molar-refractivity contribution is 7.80. The van der Waals surface area contributed by atoms with Gasteiger partial charge in [-0.2, -0.15) is 0 Å². The van der Waals surface area contributed by atoms with Crippen LogP contribution in [0.15, 0.2) is 18.2 Å². The number of anilines is 1. The summed E-state index contributed by atoms with van der Waals surface area (Å²) in [5, 5.41) is 3.45. The summed E-state index contributed by atoms with van der Waals surface area (Å²) < 4.78 is 0. The number of carbonyl (C=O) groups is 1. The van der Waals surface area contributed by atoms with Gasteiger partial charge in [-0.15, -0.1) is 0 Å². The van der Waals surface area contributed by atoms with Crippen molar-refractivity contribution in [2.75, 3.05) is 5.32 Å². The van der Waals surface area contributed by atoms with Crippen LogP contribution in [0.1, 0.15) is 12.5 Å². The molecule has 0 fully saturated rings. The molecule has 86 valence electrons. The monoisotopic (exact) mass is 257 g/mol. The first-order valence-electron chi connectivity index (χ1n) is 4.57. The molecule has 0 aliphatic heterocycles. The van der Waals surface area contributed by atoms with Crippen molar-refractivity contribution in [1.29, 1.82) is 0 Å². The molecule has 1 aromatic carbocycles. The van der Waals surface area contributed by atoms with E-state index < -0.39 is 11.9 Å². The molecule has 1 atom stereocenters. The van der Waals surface area contributed by atoms with Crippen LogP contribution in [0.3, 0.4) is 0 Å². The predicted octanol–water partition coefficient (Wildman–Crippen LogP) is 1.26. The van der Waals surface area contributed by atoms with E-state index in [2.05, 4.69) is 5.32 Å². The van der Waals surface area contributed by atoms with Gasteiger partial charge in [-0.05, 0) is 25.1 Å². The molecule has 6 heteroatoms. The Kier molecular flexibility index (Phi) is 4.09. The quantitative estimate of drug-likeness (QED) is 0.710. The minimum Gasteiger partial charge on any atom is -0.389 e. The largest absolute Gasteiger partial charge is 0.389 e. The zero-order chi connectivity index (χ0) is 12.3. The molecule has 4 nitrogen and oxygen atoms in total. The van der Waals surface area contributed by atoms with Crippen LogP contribution in [0, 0.1) is 0 Å². The van der Waals surface area contributed by atoms with Gasteiger partial charge >= 0.3 is 0 Å². The van der Waals surface area contributed by atoms with Crippen molar-refractivity contribution in [3.05, 3.63) is 28.8 Å². The predicted molar refractivity (Wildman–Crippen MR) is 69.6 cm³/mol. The number of nitrogens with two attached hydrogens (primary N) is 2. The van der Waals surface area contributed by atoms with Gasteiger partial charge in [0, 0.05) is 16.3 Å². The second-order valence-corrected chi connectivity index (χ2v) is 4.20. The van der Waals surface area contributed by atoms with Crippen molar-refractivity contribution >= 4 is 40.4 Å². The van der Waals surface area contributed by atoms with Crippen LogP contribution in [-0.2, 0) is 4.79 Å². The number of benzene rings is 1. The van der Waals surface area contributed by atoms with E-state index in [-0.39, 0.29) is 4.99 Å². The molecule has 0 aliphatic rings. The average molecular weight is 258 g/mol. The Bertz CT molecular complexity index is 436. The van der Waals surface area contributed by atoms with Gasteiger partial charge in [0.1, 0.15) is 11.0 Å². The Morgan fingerprint density at radius 3 is 2.62 bits per heavy atom. The molecule has 0 saturated heterocycles. The molecule has 1 aromatic rings. The second kappa shape index (κ2) is 5.14. The second-order valence-electron chi connectivity index (χ2n) is 3.32. The average Bonchev–Trinajstić information content (AvgIpc) is 2.20. The molecule has 0 spiro atoms. The summed E-state index contributed by atoms with van der Waals surface area (Å²) >= 11 is 10.7. The summed E-state index contributed by atoms with van der Waals surface area (Å²) in [5.41, 5.74) is 11.9. The lowest BCUT2D eigenvalue weighted by Gasteiger charge is -2.15. The summed E-state index contributed by atoms with van der Waals surface area (Å²) in [5.74, 6) is -0.455. The van der Waals surface area contributed by atoms with Crippen LogP contribution in [0.2, 0.25) is 5.02 Å². The lowest BCUT2D eigenvalue weighted by molar-refractivity contribution is -0.118. The van der Waals surface area contributed by atoms with Gasteiger partial charge in [0.15, 0.2) is 0 Å². The number of hydrogen-bond donors (Lipinski definition) is 3. The zero-order valence-electron chi connectivity index (χ0n) is 8.66. The molecule has 1 rings (SSSR count). The zero-order valence-corrected chi connectivity index (χ0v) is 10.2. The topological polar surface area (TPSA) is 81.1 Å². The number of carbonyl (C=O) groups excluding carboxylic acids is 1. The van der Waals surface area contributed by atoms with Crippen LogP contribution in [0.25, 0.3) is 0 Å². The van der Waals surface area contributed by atoms with Crippen LogP contribution < -0.4 is 16.8 Å². The Labute approximate surface area is 104 Å². The van der Waals surface area contributed by atoms with Crippen LogP contribution >= 0.6 is 23.8 Å². The van der Waals surface area contributed by atoms with Crippen LogP contribution in [-0.4, -0.2) is 16.9 Å². The molecule has 5 N–H and O–H groups in total. The van der Waals surface area contributed by atoms with Gasteiger partial charge in [-0.1, -0.05) is 23.8 Å². The third-order valence-electron chi connectivity index (χ3n) is 2.05. The van der Waals surface area contributed by atoms with E-state index in [1.54, 1.807) is 25.1 Å². The van der Waals surface area contributed by atoms with E-state index in [0.717, 1.165) is 0 Å². The van der Waals surface area contributed by atoms with Gasteiger partial charge in [0.25, 0.3) is 0 Å². The molecule has 0 aliphatic carbocycles. The van der Waals surface area contributed by atoms with Crippen molar-refractivity contribution in [3.8, 4) is 0 Å². The van der Waals surface area contributed by atoms with Gasteiger partial charge in [-0.25, -0.2) is 0 Å². The first-order chi connectivity index (χ1) is 7.41. The maximum Gasteiger partial charge on any atom is 0.239 e. The minimum atomic E-state index is -0.505. The van der Waals surface area contributed by atoms with Crippen molar-refractivity contribution in [2.45, 2.75) is 13.0 Å². The molecule has 0 radical (unpaired) electrons. The van der Waals surface area contributed by atoms with E-state index in [0.29, 0.717) is 16.3 Å². The summed E-state index contributed by atoms with van der Waals surface area (Å²) in [6, 6.07) is 4.52. The lowest BCUT2D eigenvalue weighted by atomic mass is 10.1. The van der Waals surface area contributed by atoms with Gasteiger partial charge in [0.2, 0.25) is 5.91 Å². The number of primary amides is 1. The van der Waals surface area contributed by atoms with E-state index in [1.165, 1.54) is 0 Å². The number of hydrogen-bond acceptors (Lipinski definition) is 3. The third kappa shape index (κ3) is 3.08. The minimum absolute atomic E-state index is 0.210. The molecule has 0 bridgehead atoms. The van der Waals surface area contributed by atoms with Crippen LogP contribution in [0.4, 0.5) is 5.69 Å². The maximum absolute atomic E-state index is 10.9.